The van der Waals surface area contributed by atoms with Gasteiger partial charge in [-0.1, -0.05) is 24.3 Å². The molecule has 2 aromatic heterocycles. The van der Waals surface area contributed by atoms with Crippen molar-refractivity contribution in [3.63, 3.8) is 0 Å². The van der Waals surface area contributed by atoms with E-state index in [1.165, 1.54) is 22.9 Å². The van der Waals surface area contributed by atoms with Crippen molar-refractivity contribution >= 4 is 34.7 Å². The predicted octanol–water partition coefficient (Wildman–Crippen LogP) is 4.60. The molecule has 0 saturated carbocycles. The second-order valence-electron chi connectivity index (χ2n) is 6.90. The van der Waals surface area contributed by atoms with Gasteiger partial charge < -0.3 is 10.1 Å². The maximum absolute atomic E-state index is 12.8. The van der Waals surface area contributed by atoms with E-state index in [0.717, 1.165) is 4.88 Å². The van der Waals surface area contributed by atoms with Crippen molar-refractivity contribution in [2.24, 2.45) is 0 Å². The van der Waals surface area contributed by atoms with Crippen LogP contribution in [0.1, 0.15) is 27.8 Å². The highest BCUT2D eigenvalue weighted by molar-refractivity contribution is 7.13. The minimum absolute atomic E-state index is 0.0613. The van der Waals surface area contributed by atoms with Gasteiger partial charge in [0, 0.05) is 17.3 Å². The minimum Gasteiger partial charge on any atom is -0.451 e. The van der Waals surface area contributed by atoms with Crippen LogP contribution in [0.15, 0.2) is 78.2 Å². The van der Waals surface area contributed by atoms with Gasteiger partial charge in [0.1, 0.15) is 5.69 Å². The number of Topliss-reactive ketones (excluding diaryl/α,β-unsaturated/α-hetero) is 1. The summed E-state index contributed by atoms with van der Waals surface area (Å²) in [6, 6.07) is 21.2. The van der Waals surface area contributed by atoms with Crippen LogP contribution in [0, 0.1) is 0 Å². The standard InChI is InChI=1S/C24H19N3O4S/c1-16(28)17-9-11-18(12-10-17)25-23(29)15-31-24(30)21-14-20(22-8-5-13-32-22)26-27(21)19-6-3-2-4-7-19/h2-14H,15H2,1H3,(H,25,29). The molecule has 0 aliphatic rings. The molecule has 0 saturated heterocycles. The van der Waals surface area contributed by atoms with Gasteiger partial charge in [0.15, 0.2) is 18.1 Å². The summed E-state index contributed by atoms with van der Waals surface area (Å²) in [5.41, 5.74) is 2.62. The molecule has 8 heteroatoms. The van der Waals surface area contributed by atoms with E-state index in [2.05, 4.69) is 10.4 Å². The third kappa shape index (κ3) is 4.81. The number of benzene rings is 2. The molecule has 0 atom stereocenters. The lowest BCUT2D eigenvalue weighted by Gasteiger charge is -2.09. The number of ketones is 1. The second kappa shape index (κ2) is 9.40. The smallest absolute Gasteiger partial charge is 0.357 e. The van der Waals surface area contributed by atoms with E-state index >= 15 is 0 Å². The molecule has 160 valence electrons. The molecule has 0 bridgehead atoms. The van der Waals surface area contributed by atoms with Gasteiger partial charge in [0.2, 0.25) is 0 Å². The van der Waals surface area contributed by atoms with Crippen LogP contribution in [-0.2, 0) is 9.53 Å². The van der Waals surface area contributed by atoms with Gasteiger partial charge in [-0.2, -0.15) is 5.10 Å². The molecule has 7 nitrogen and oxygen atoms in total. The van der Waals surface area contributed by atoms with E-state index in [-0.39, 0.29) is 11.5 Å². The van der Waals surface area contributed by atoms with Crippen LogP contribution in [0.25, 0.3) is 16.3 Å². The molecule has 0 radical (unpaired) electrons. The molecule has 1 N–H and O–H groups in total. The van der Waals surface area contributed by atoms with E-state index in [9.17, 15) is 14.4 Å². The zero-order valence-electron chi connectivity index (χ0n) is 17.1. The fourth-order valence-electron chi connectivity index (χ4n) is 3.03. The zero-order chi connectivity index (χ0) is 22.5. The molecule has 1 amide bonds. The fourth-order valence-corrected chi connectivity index (χ4v) is 3.71. The Hall–Kier alpha value is -4.04. The number of ether oxygens (including phenoxy) is 1. The fraction of sp³-hybridized carbons (Fsp3) is 0.0833. The number of amides is 1. The Labute approximate surface area is 188 Å². The van der Waals surface area contributed by atoms with Gasteiger partial charge in [0.25, 0.3) is 5.91 Å². The summed E-state index contributed by atoms with van der Waals surface area (Å²) in [5, 5.41) is 9.13. The van der Waals surface area contributed by atoms with Crippen LogP contribution in [0.5, 0.6) is 0 Å². The van der Waals surface area contributed by atoms with Crippen molar-refractivity contribution in [1.82, 2.24) is 9.78 Å². The normalized spacial score (nSPS) is 10.5. The average Bonchev–Trinajstić information content (AvgIpc) is 3.48. The van der Waals surface area contributed by atoms with Crippen LogP contribution in [0.2, 0.25) is 0 Å². The summed E-state index contributed by atoms with van der Waals surface area (Å²) in [5.74, 6) is -1.21. The Morgan fingerprint density at radius 2 is 1.75 bits per heavy atom. The lowest BCUT2D eigenvalue weighted by atomic mass is 10.1. The number of hydrogen-bond donors (Lipinski definition) is 1. The summed E-state index contributed by atoms with van der Waals surface area (Å²) in [6.45, 7) is 1.01. The maximum atomic E-state index is 12.8. The van der Waals surface area contributed by atoms with Crippen molar-refractivity contribution in [1.29, 1.82) is 0 Å². The zero-order valence-corrected chi connectivity index (χ0v) is 18.0. The first kappa shape index (κ1) is 21.2. The number of thiophene rings is 1. The summed E-state index contributed by atoms with van der Waals surface area (Å²) in [4.78, 5) is 37.3. The first-order valence-corrected chi connectivity index (χ1v) is 10.7. The van der Waals surface area contributed by atoms with Crippen LogP contribution in [0.4, 0.5) is 5.69 Å². The number of para-hydroxylation sites is 1. The number of nitrogens with zero attached hydrogens (tertiary/aromatic N) is 2. The van der Waals surface area contributed by atoms with Crippen molar-refractivity contribution in [3.05, 3.63) is 89.4 Å². The molecular weight excluding hydrogens is 426 g/mol. The summed E-state index contributed by atoms with van der Waals surface area (Å²) in [7, 11) is 0. The van der Waals surface area contributed by atoms with E-state index in [4.69, 9.17) is 4.74 Å². The quantitative estimate of drug-likeness (QED) is 0.332. The van der Waals surface area contributed by atoms with Crippen molar-refractivity contribution < 1.29 is 19.1 Å². The van der Waals surface area contributed by atoms with E-state index in [1.54, 1.807) is 30.3 Å². The van der Waals surface area contributed by atoms with Crippen molar-refractivity contribution in [2.75, 3.05) is 11.9 Å². The highest BCUT2D eigenvalue weighted by atomic mass is 32.1. The first-order valence-electron chi connectivity index (χ1n) is 9.78. The molecule has 32 heavy (non-hydrogen) atoms. The number of esters is 1. The van der Waals surface area contributed by atoms with Crippen LogP contribution < -0.4 is 5.32 Å². The number of rotatable bonds is 7. The Morgan fingerprint density at radius 3 is 2.41 bits per heavy atom. The van der Waals surface area contributed by atoms with E-state index in [1.807, 2.05) is 47.8 Å². The molecular formula is C24H19N3O4S. The van der Waals surface area contributed by atoms with Crippen LogP contribution in [0.3, 0.4) is 0 Å². The highest BCUT2D eigenvalue weighted by Gasteiger charge is 2.20. The monoisotopic (exact) mass is 445 g/mol. The lowest BCUT2D eigenvalue weighted by molar-refractivity contribution is -0.119. The van der Waals surface area contributed by atoms with E-state index in [0.29, 0.717) is 22.6 Å². The van der Waals surface area contributed by atoms with Gasteiger partial charge in [0.05, 0.1) is 10.6 Å². The number of hydrogen-bond acceptors (Lipinski definition) is 6. The third-order valence-corrected chi connectivity index (χ3v) is 5.49. The molecule has 0 unspecified atom stereocenters. The topological polar surface area (TPSA) is 90.3 Å². The molecule has 0 fully saturated rings. The molecule has 0 spiro atoms. The van der Waals surface area contributed by atoms with Crippen LogP contribution in [-0.4, -0.2) is 34.0 Å². The molecule has 4 aromatic rings. The maximum Gasteiger partial charge on any atom is 0.357 e. The second-order valence-corrected chi connectivity index (χ2v) is 7.85. The van der Waals surface area contributed by atoms with Crippen LogP contribution >= 0.6 is 11.3 Å². The summed E-state index contributed by atoms with van der Waals surface area (Å²) in [6.07, 6.45) is 0. The Kier molecular flexibility index (Phi) is 6.23. The Morgan fingerprint density at radius 1 is 1.00 bits per heavy atom. The summed E-state index contributed by atoms with van der Waals surface area (Å²) >= 11 is 1.51. The van der Waals surface area contributed by atoms with Gasteiger partial charge in [-0.05, 0) is 54.8 Å². The molecule has 0 aliphatic carbocycles. The van der Waals surface area contributed by atoms with Gasteiger partial charge in [-0.3, -0.25) is 9.59 Å². The van der Waals surface area contributed by atoms with Gasteiger partial charge >= 0.3 is 5.97 Å². The van der Waals surface area contributed by atoms with E-state index < -0.39 is 18.5 Å². The number of carbonyl (C=O) groups is 3. The third-order valence-electron chi connectivity index (χ3n) is 4.60. The van der Waals surface area contributed by atoms with Crippen molar-refractivity contribution in [2.45, 2.75) is 6.92 Å². The molecule has 0 aliphatic heterocycles. The minimum atomic E-state index is -0.661. The predicted molar refractivity (Wildman–Crippen MR) is 122 cm³/mol. The number of nitrogens with one attached hydrogen (secondary N) is 1. The Bertz CT molecular complexity index is 1250. The highest BCUT2D eigenvalue weighted by Crippen LogP contribution is 2.26. The first-order chi connectivity index (χ1) is 15.5. The average molecular weight is 446 g/mol. The summed E-state index contributed by atoms with van der Waals surface area (Å²) < 4.78 is 6.76. The molecule has 2 aromatic carbocycles. The SMILES string of the molecule is CC(=O)c1ccc(NC(=O)COC(=O)c2cc(-c3cccs3)nn2-c2ccccc2)cc1. The number of aromatic nitrogens is 2. The van der Waals surface area contributed by atoms with Gasteiger partial charge in [-0.15, -0.1) is 11.3 Å². The number of carbonyl (C=O) groups excluding carboxylic acids is 3. The molecule has 4 rings (SSSR count). The molecule has 2 heterocycles. The largest absolute Gasteiger partial charge is 0.451 e. The lowest BCUT2D eigenvalue weighted by Crippen LogP contribution is -2.22. The van der Waals surface area contributed by atoms with Crippen molar-refractivity contribution in [3.8, 4) is 16.3 Å². The Balaban J connectivity index is 1.47. The van der Waals surface area contributed by atoms with Gasteiger partial charge in [-0.25, -0.2) is 9.48 Å². The number of anilines is 1.